The Morgan fingerprint density at radius 2 is 2.26 bits per heavy atom. The monoisotopic (exact) mass is 274 g/mol. The Morgan fingerprint density at radius 3 is 3.00 bits per heavy atom. The molecule has 2 heterocycles. The zero-order valence-electron chi connectivity index (χ0n) is 10.6. The van der Waals surface area contributed by atoms with Gasteiger partial charge in [-0.3, -0.25) is 4.79 Å². The smallest absolute Gasteiger partial charge is 0.267 e. The molecule has 1 amide bonds. The van der Waals surface area contributed by atoms with Crippen LogP contribution in [0, 0.1) is 6.92 Å². The lowest BCUT2D eigenvalue weighted by molar-refractivity contribution is 0.0738. The number of fused-ring (bicyclic) bond motifs is 1. The van der Waals surface area contributed by atoms with Crippen LogP contribution in [0.2, 0.25) is 0 Å². The minimum Gasteiger partial charge on any atom is -0.399 e. The van der Waals surface area contributed by atoms with E-state index in [0.29, 0.717) is 17.1 Å². The van der Waals surface area contributed by atoms with Crippen molar-refractivity contribution >= 4 is 23.1 Å². The maximum atomic E-state index is 12.4. The summed E-state index contributed by atoms with van der Waals surface area (Å²) in [7, 11) is 0. The van der Waals surface area contributed by atoms with Gasteiger partial charge in [-0.1, -0.05) is 10.6 Å². The van der Waals surface area contributed by atoms with Gasteiger partial charge >= 0.3 is 0 Å². The second kappa shape index (κ2) is 4.62. The third-order valence-corrected chi connectivity index (χ3v) is 4.19. The quantitative estimate of drug-likeness (QED) is 0.802. The van der Waals surface area contributed by atoms with Crippen LogP contribution in [0.25, 0.3) is 0 Å². The van der Waals surface area contributed by atoms with Crippen LogP contribution in [0.1, 0.15) is 26.5 Å². The first kappa shape index (κ1) is 12.1. The lowest BCUT2D eigenvalue weighted by atomic mass is 9.99. The molecule has 5 nitrogen and oxygen atoms in total. The van der Waals surface area contributed by atoms with E-state index in [1.165, 1.54) is 5.56 Å². The molecule has 0 bridgehead atoms. The third-order valence-electron chi connectivity index (χ3n) is 3.38. The van der Waals surface area contributed by atoms with Crippen molar-refractivity contribution in [2.75, 3.05) is 12.3 Å². The first-order chi connectivity index (χ1) is 9.15. The molecule has 1 aromatic heterocycles. The van der Waals surface area contributed by atoms with E-state index in [1.54, 1.807) is 0 Å². The van der Waals surface area contributed by atoms with Crippen molar-refractivity contribution in [3.8, 4) is 0 Å². The maximum Gasteiger partial charge on any atom is 0.267 e. The van der Waals surface area contributed by atoms with Gasteiger partial charge < -0.3 is 10.6 Å². The molecule has 0 spiro atoms. The number of nitrogens with two attached hydrogens (primary N) is 1. The van der Waals surface area contributed by atoms with Crippen LogP contribution in [-0.2, 0) is 13.0 Å². The molecule has 2 aromatic rings. The predicted molar refractivity (Wildman–Crippen MR) is 73.9 cm³/mol. The van der Waals surface area contributed by atoms with E-state index in [9.17, 15) is 4.79 Å². The summed E-state index contributed by atoms with van der Waals surface area (Å²) < 4.78 is 3.82. The average Bonchev–Trinajstić information content (AvgIpc) is 2.83. The summed E-state index contributed by atoms with van der Waals surface area (Å²) in [6.07, 6.45) is 0.868. The fourth-order valence-electron chi connectivity index (χ4n) is 2.32. The van der Waals surface area contributed by atoms with Crippen LogP contribution < -0.4 is 5.73 Å². The summed E-state index contributed by atoms with van der Waals surface area (Å²) in [4.78, 5) is 14.9. The molecule has 1 aromatic carbocycles. The van der Waals surface area contributed by atoms with E-state index in [0.717, 1.165) is 35.7 Å². The van der Waals surface area contributed by atoms with Crippen LogP contribution in [0.5, 0.6) is 0 Å². The van der Waals surface area contributed by atoms with Crippen LogP contribution in [0.3, 0.4) is 0 Å². The number of nitrogens with zero attached hydrogens (tertiary/aromatic N) is 3. The SMILES string of the molecule is Cc1nnsc1C(=O)N1CCc2ccc(N)cc2C1. The molecule has 0 fully saturated rings. The van der Waals surface area contributed by atoms with Gasteiger partial charge in [-0.15, -0.1) is 5.10 Å². The Bertz CT molecular complexity index is 637. The second-order valence-electron chi connectivity index (χ2n) is 4.69. The fraction of sp³-hybridized carbons (Fsp3) is 0.308. The number of carbonyl (C=O) groups excluding carboxylic acids is 1. The highest BCUT2D eigenvalue weighted by molar-refractivity contribution is 7.07. The molecule has 0 aliphatic carbocycles. The number of amides is 1. The first-order valence-corrected chi connectivity index (χ1v) is 6.88. The Balaban J connectivity index is 1.86. The number of carbonyl (C=O) groups is 1. The Morgan fingerprint density at radius 1 is 1.42 bits per heavy atom. The highest BCUT2D eigenvalue weighted by Gasteiger charge is 2.24. The number of rotatable bonds is 1. The summed E-state index contributed by atoms with van der Waals surface area (Å²) >= 11 is 1.16. The number of hydrogen-bond acceptors (Lipinski definition) is 5. The van der Waals surface area contributed by atoms with E-state index in [4.69, 9.17) is 5.73 Å². The predicted octanol–water partition coefficient (Wildman–Crippen LogP) is 1.63. The molecule has 3 rings (SSSR count). The minimum atomic E-state index is 0.0144. The van der Waals surface area contributed by atoms with Gasteiger partial charge in [-0.25, -0.2) is 0 Å². The van der Waals surface area contributed by atoms with E-state index < -0.39 is 0 Å². The molecule has 19 heavy (non-hydrogen) atoms. The lowest BCUT2D eigenvalue weighted by Gasteiger charge is -2.28. The number of anilines is 1. The zero-order chi connectivity index (χ0) is 13.4. The lowest BCUT2D eigenvalue weighted by Crippen LogP contribution is -2.35. The Hall–Kier alpha value is -1.95. The average molecular weight is 274 g/mol. The summed E-state index contributed by atoms with van der Waals surface area (Å²) in [6.45, 7) is 3.15. The molecule has 2 N–H and O–H groups in total. The van der Waals surface area contributed by atoms with Crippen molar-refractivity contribution in [2.45, 2.75) is 19.9 Å². The van der Waals surface area contributed by atoms with Gasteiger partial charge in [-0.2, -0.15) is 0 Å². The molecule has 0 radical (unpaired) electrons. The summed E-state index contributed by atoms with van der Waals surface area (Å²) in [5.41, 5.74) is 9.65. The number of nitrogen functional groups attached to an aromatic ring is 1. The van der Waals surface area contributed by atoms with Gasteiger partial charge in [0.2, 0.25) is 0 Å². The van der Waals surface area contributed by atoms with Crippen molar-refractivity contribution in [3.63, 3.8) is 0 Å². The van der Waals surface area contributed by atoms with Gasteiger partial charge in [0.15, 0.2) is 0 Å². The van der Waals surface area contributed by atoms with Gasteiger partial charge in [0, 0.05) is 18.8 Å². The van der Waals surface area contributed by atoms with Crippen LogP contribution >= 0.6 is 11.5 Å². The van der Waals surface area contributed by atoms with Gasteiger partial charge in [0.25, 0.3) is 5.91 Å². The maximum absolute atomic E-state index is 12.4. The molecule has 1 aliphatic heterocycles. The Kier molecular flexibility index (Phi) is 2.94. The van der Waals surface area contributed by atoms with Crippen molar-refractivity contribution < 1.29 is 4.79 Å². The molecular weight excluding hydrogens is 260 g/mol. The molecular formula is C13H14N4OS. The molecule has 0 saturated carbocycles. The normalized spacial score (nSPS) is 14.3. The molecule has 1 aliphatic rings. The molecule has 0 saturated heterocycles. The van der Waals surface area contributed by atoms with E-state index in [2.05, 4.69) is 9.59 Å². The number of benzene rings is 1. The van der Waals surface area contributed by atoms with E-state index in [1.807, 2.05) is 30.0 Å². The van der Waals surface area contributed by atoms with E-state index in [-0.39, 0.29) is 5.91 Å². The highest BCUT2D eigenvalue weighted by atomic mass is 32.1. The van der Waals surface area contributed by atoms with Crippen LogP contribution in [-0.4, -0.2) is 26.9 Å². The summed E-state index contributed by atoms with van der Waals surface area (Å²) in [5, 5.41) is 3.89. The van der Waals surface area contributed by atoms with Crippen molar-refractivity contribution in [2.24, 2.45) is 0 Å². The first-order valence-electron chi connectivity index (χ1n) is 6.10. The minimum absolute atomic E-state index is 0.0144. The number of aromatic nitrogens is 2. The number of aryl methyl sites for hydroxylation is 1. The summed E-state index contributed by atoms with van der Waals surface area (Å²) in [5.74, 6) is 0.0144. The molecule has 98 valence electrons. The molecule has 0 unspecified atom stereocenters. The van der Waals surface area contributed by atoms with Gasteiger partial charge in [0.05, 0.1) is 5.69 Å². The van der Waals surface area contributed by atoms with E-state index >= 15 is 0 Å². The second-order valence-corrected chi connectivity index (χ2v) is 5.45. The van der Waals surface area contributed by atoms with Crippen molar-refractivity contribution in [1.82, 2.24) is 14.5 Å². The fourth-order valence-corrected chi connectivity index (χ4v) is 2.95. The third kappa shape index (κ3) is 2.19. The largest absolute Gasteiger partial charge is 0.399 e. The highest BCUT2D eigenvalue weighted by Crippen LogP contribution is 2.23. The van der Waals surface area contributed by atoms with Gasteiger partial charge in [-0.05, 0) is 48.1 Å². The molecule has 0 atom stereocenters. The number of hydrogen-bond donors (Lipinski definition) is 1. The topological polar surface area (TPSA) is 72.1 Å². The van der Waals surface area contributed by atoms with Crippen LogP contribution in [0.4, 0.5) is 5.69 Å². The van der Waals surface area contributed by atoms with Gasteiger partial charge in [0.1, 0.15) is 4.88 Å². The summed E-state index contributed by atoms with van der Waals surface area (Å²) in [6, 6.07) is 5.91. The van der Waals surface area contributed by atoms with Crippen molar-refractivity contribution in [3.05, 3.63) is 39.9 Å². The Labute approximate surface area is 115 Å². The zero-order valence-corrected chi connectivity index (χ0v) is 11.4. The van der Waals surface area contributed by atoms with Crippen LogP contribution in [0.15, 0.2) is 18.2 Å². The van der Waals surface area contributed by atoms with Crippen molar-refractivity contribution in [1.29, 1.82) is 0 Å². The molecule has 6 heteroatoms. The standard InChI is InChI=1S/C13H14N4OS/c1-8-12(19-16-15-8)13(18)17-5-4-9-2-3-11(14)6-10(9)7-17/h2-3,6H,4-5,7,14H2,1H3.